The number of pyridine rings is 1. The number of benzene rings is 1. The van der Waals surface area contributed by atoms with Gasteiger partial charge in [0.15, 0.2) is 5.65 Å². The Morgan fingerprint density at radius 2 is 2.00 bits per heavy atom. The first kappa shape index (κ1) is 17.0. The van der Waals surface area contributed by atoms with Gasteiger partial charge in [-0.1, -0.05) is 13.0 Å². The number of rotatable bonds is 4. The number of aryl methyl sites for hydroxylation is 3. The first-order chi connectivity index (χ1) is 12.0. The van der Waals surface area contributed by atoms with Gasteiger partial charge in [0, 0.05) is 17.8 Å². The van der Waals surface area contributed by atoms with Gasteiger partial charge in [-0.2, -0.15) is 0 Å². The van der Waals surface area contributed by atoms with Crippen LogP contribution in [0.3, 0.4) is 0 Å². The molecular formula is C19H22N4O2. The van der Waals surface area contributed by atoms with Gasteiger partial charge in [-0.25, -0.2) is 14.8 Å². The normalized spacial score (nSPS) is 10.9. The van der Waals surface area contributed by atoms with E-state index in [0.29, 0.717) is 12.3 Å². The van der Waals surface area contributed by atoms with Crippen molar-refractivity contribution < 1.29 is 9.53 Å². The lowest BCUT2D eigenvalue weighted by Crippen LogP contribution is -2.13. The molecule has 3 aromatic rings. The van der Waals surface area contributed by atoms with E-state index in [1.54, 1.807) is 6.92 Å². The minimum Gasteiger partial charge on any atom is -0.450 e. The van der Waals surface area contributed by atoms with Gasteiger partial charge in [0.05, 0.1) is 12.3 Å². The number of imidazole rings is 1. The summed E-state index contributed by atoms with van der Waals surface area (Å²) < 4.78 is 6.99. The zero-order chi connectivity index (χ0) is 18.0. The van der Waals surface area contributed by atoms with Crippen LogP contribution in [0.25, 0.3) is 16.9 Å². The molecule has 0 atom stereocenters. The monoisotopic (exact) mass is 338 g/mol. The van der Waals surface area contributed by atoms with Crippen molar-refractivity contribution in [3.05, 3.63) is 47.4 Å². The molecule has 1 aromatic carbocycles. The summed E-state index contributed by atoms with van der Waals surface area (Å²) in [7, 11) is 0. The maximum Gasteiger partial charge on any atom is 0.411 e. The van der Waals surface area contributed by atoms with Gasteiger partial charge in [-0.15, -0.1) is 0 Å². The van der Waals surface area contributed by atoms with Gasteiger partial charge in [0.2, 0.25) is 0 Å². The Balaban J connectivity index is 2.11. The zero-order valence-corrected chi connectivity index (χ0v) is 15.0. The predicted octanol–water partition coefficient (Wildman–Crippen LogP) is 4.17. The third kappa shape index (κ3) is 3.33. The van der Waals surface area contributed by atoms with Crippen LogP contribution in [0.2, 0.25) is 0 Å². The third-order valence-corrected chi connectivity index (χ3v) is 3.95. The van der Waals surface area contributed by atoms with Crippen LogP contribution in [0.5, 0.6) is 0 Å². The van der Waals surface area contributed by atoms with Gasteiger partial charge in [0.1, 0.15) is 11.3 Å². The molecule has 25 heavy (non-hydrogen) atoms. The molecule has 6 nitrogen and oxygen atoms in total. The number of carbonyl (C=O) groups excluding carboxylic acids is 1. The van der Waals surface area contributed by atoms with Crippen LogP contribution in [0.4, 0.5) is 10.5 Å². The molecule has 0 radical (unpaired) electrons. The van der Waals surface area contributed by atoms with Gasteiger partial charge in [-0.05, 0) is 50.6 Å². The summed E-state index contributed by atoms with van der Waals surface area (Å²) in [6.45, 7) is 8.21. The summed E-state index contributed by atoms with van der Waals surface area (Å²) in [5, 5.41) is 2.74. The summed E-state index contributed by atoms with van der Waals surface area (Å²) in [6.07, 6.45) is 0.320. The van der Waals surface area contributed by atoms with Crippen LogP contribution in [0.15, 0.2) is 30.3 Å². The molecule has 0 saturated heterocycles. The fourth-order valence-electron chi connectivity index (χ4n) is 2.92. The molecule has 0 spiro atoms. The highest BCUT2D eigenvalue weighted by Gasteiger charge is 2.15. The fraction of sp³-hybridized carbons (Fsp3) is 0.316. The first-order valence-electron chi connectivity index (χ1n) is 8.43. The molecule has 3 rings (SSSR count). The molecule has 130 valence electrons. The summed E-state index contributed by atoms with van der Waals surface area (Å²) in [6, 6.07) is 9.64. The van der Waals surface area contributed by atoms with Crippen molar-refractivity contribution in [1.82, 2.24) is 14.5 Å². The van der Waals surface area contributed by atoms with E-state index >= 15 is 0 Å². The number of amides is 1. The van der Waals surface area contributed by atoms with Crippen LogP contribution in [-0.4, -0.2) is 27.2 Å². The summed E-state index contributed by atoms with van der Waals surface area (Å²) in [5.74, 6) is 0.935. The van der Waals surface area contributed by atoms with Crippen molar-refractivity contribution in [1.29, 1.82) is 0 Å². The van der Waals surface area contributed by atoms with E-state index in [2.05, 4.69) is 17.2 Å². The van der Waals surface area contributed by atoms with Crippen LogP contribution >= 0.6 is 0 Å². The van der Waals surface area contributed by atoms with Crippen LogP contribution in [0.1, 0.15) is 30.9 Å². The predicted molar refractivity (Wildman–Crippen MR) is 98.4 cm³/mol. The number of nitrogens with zero attached hydrogens (tertiary/aromatic N) is 3. The van der Waals surface area contributed by atoms with E-state index in [-0.39, 0.29) is 0 Å². The third-order valence-electron chi connectivity index (χ3n) is 3.95. The highest BCUT2D eigenvalue weighted by atomic mass is 16.5. The Hall–Kier alpha value is -2.89. The molecule has 0 aliphatic carbocycles. The second-order valence-electron chi connectivity index (χ2n) is 5.87. The second-order valence-corrected chi connectivity index (χ2v) is 5.87. The zero-order valence-electron chi connectivity index (χ0n) is 15.0. The van der Waals surface area contributed by atoms with Crippen LogP contribution < -0.4 is 5.32 Å². The van der Waals surface area contributed by atoms with Crippen molar-refractivity contribution in [2.24, 2.45) is 0 Å². The van der Waals surface area contributed by atoms with Crippen LogP contribution in [0, 0.1) is 13.8 Å². The first-order valence-corrected chi connectivity index (χ1v) is 8.43. The topological polar surface area (TPSA) is 69.0 Å². The van der Waals surface area contributed by atoms with E-state index < -0.39 is 6.09 Å². The molecular weight excluding hydrogens is 316 g/mol. The maximum atomic E-state index is 11.7. The van der Waals surface area contributed by atoms with Gasteiger partial charge in [0.25, 0.3) is 0 Å². The molecule has 6 heteroatoms. The summed E-state index contributed by atoms with van der Waals surface area (Å²) in [5.41, 5.74) is 5.38. The highest BCUT2D eigenvalue weighted by Crippen LogP contribution is 2.25. The van der Waals surface area contributed by atoms with E-state index in [1.165, 1.54) is 0 Å². The molecule has 0 saturated carbocycles. The quantitative estimate of drug-likeness (QED) is 0.775. The van der Waals surface area contributed by atoms with Crippen molar-refractivity contribution in [2.45, 2.75) is 34.1 Å². The van der Waals surface area contributed by atoms with Crippen molar-refractivity contribution in [3.8, 4) is 5.69 Å². The fourth-order valence-corrected chi connectivity index (χ4v) is 2.92. The number of nitrogens with one attached hydrogen (secondary N) is 1. The maximum absolute atomic E-state index is 11.7. The van der Waals surface area contributed by atoms with Crippen molar-refractivity contribution >= 4 is 22.9 Å². The minimum atomic E-state index is -0.462. The standard InChI is InChI=1S/C19H22N4O2/c1-5-16-22-17-12(3)10-13(4)20-18(17)23(16)15-9-7-8-14(11-15)21-19(24)25-6-2/h7-11H,5-6H2,1-4H3,(H,21,24). The van der Waals surface area contributed by atoms with E-state index in [1.807, 2.05) is 48.7 Å². The second kappa shape index (κ2) is 6.93. The number of hydrogen-bond acceptors (Lipinski definition) is 4. The summed E-state index contributed by atoms with van der Waals surface area (Å²) in [4.78, 5) is 21.1. The molecule has 2 heterocycles. The average Bonchev–Trinajstić information content (AvgIpc) is 2.94. The minimum absolute atomic E-state index is 0.333. The molecule has 0 aliphatic rings. The number of fused-ring (bicyclic) bond motifs is 1. The Bertz CT molecular complexity index is 931. The SMILES string of the molecule is CCOC(=O)Nc1cccc(-n2c(CC)nc3c(C)cc(C)nc32)c1. The Morgan fingerprint density at radius 3 is 2.72 bits per heavy atom. The average molecular weight is 338 g/mol. The lowest BCUT2D eigenvalue weighted by Gasteiger charge is -2.11. The lowest BCUT2D eigenvalue weighted by atomic mass is 10.2. The number of carbonyl (C=O) groups is 1. The molecule has 0 bridgehead atoms. The molecule has 0 unspecified atom stereocenters. The van der Waals surface area contributed by atoms with E-state index in [0.717, 1.165) is 40.4 Å². The van der Waals surface area contributed by atoms with Crippen molar-refractivity contribution in [2.75, 3.05) is 11.9 Å². The number of anilines is 1. The highest BCUT2D eigenvalue weighted by molar-refractivity contribution is 5.85. The van der Waals surface area contributed by atoms with E-state index in [4.69, 9.17) is 9.72 Å². The van der Waals surface area contributed by atoms with Crippen LogP contribution in [-0.2, 0) is 11.2 Å². The molecule has 1 N–H and O–H groups in total. The van der Waals surface area contributed by atoms with Gasteiger partial charge >= 0.3 is 6.09 Å². The molecule has 0 aliphatic heterocycles. The Morgan fingerprint density at radius 1 is 1.20 bits per heavy atom. The smallest absolute Gasteiger partial charge is 0.411 e. The number of aromatic nitrogens is 3. The van der Waals surface area contributed by atoms with Crippen molar-refractivity contribution in [3.63, 3.8) is 0 Å². The molecule has 1 amide bonds. The summed E-state index contributed by atoms with van der Waals surface area (Å²) >= 11 is 0. The largest absolute Gasteiger partial charge is 0.450 e. The lowest BCUT2D eigenvalue weighted by molar-refractivity contribution is 0.168. The van der Waals surface area contributed by atoms with Gasteiger partial charge in [-0.3, -0.25) is 9.88 Å². The Kier molecular flexibility index (Phi) is 4.70. The van der Waals surface area contributed by atoms with E-state index in [9.17, 15) is 4.79 Å². The molecule has 2 aromatic heterocycles. The Labute approximate surface area is 146 Å². The molecule has 0 fully saturated rings. The number of ether oxygens (including phenoxy) is 1. The number of hydrogen-bond donors (Lipinski definition) is 1. The van der Waals surface area contributed by atoms with Gasteiger partial charge < -0.3 is 4.74 Å².